The highest BCUT2D eigenvalue weighted by molar-refractivity contribution is 5.80. The summed E-state index contributed by atoms with van der Waals surface area (Å²) < 4.78 is 6.72. The van der Waals surface area contributed by atoms with Crippen molar-refractivity contribution in [2.75, 3.05) is 19.7 Å². The van der Waals surface area contributed by atoms with Gasteiger partial charge >= 0.3 is 5.97 Å². The van der Waals surface area contributed by atoms with Gasteiger partial charge in [0.2, 0.25) is 11.3 Å². The average molecular weight is 331 g/mol. The summed E-state index contributed by atoms with van der Waals surface area (Å²) in [7, 11) is 0. The third-order valence-electron chi connectivity index (χ3n) is 3.99. The van der Waals surface area contributed by atoms with E-state index in [-0.39, 0.29) is 30.9 Å². The molecule has 1 aromatic heterocycles. The van der Waals surface area contributed by atoms with Gasteiger partial charge in [0.05, 0.1) is 31.4 Å². The molecule has 0 bridgehead atoms. The third kappa shape index (κ3) is 3.28. The van der Waals surface area contributed by atoms with E-state index in [0.717, 1.165) is 0 Å². The highest BCUT2D eigenvalue weighted by Crippen LogP contribution is 2.11. The van der Waals surface area contributed by atoms with Crippen molar-refractivity contribution in [3.8, 4) is 0 Å². The number of fused-ring (bicyclic) bond motifs is 1. The van der Waals surface area contributed by atoms with Gasteiger partial charge in [-0.25, -0.2) is 4.79 Å². The summed E-state index contributed by atoms with van der Waals surface area (Å²) in [4.78, 5) is 36.6. The number of aliphatic carboxylic acids is 1. The van der Waals surface area contributed by atoms with Crippen molar-refractivity contribution in [2.24, 2.45) is 0 Å². The number of aryl methyl sites for hydroxylation is 1. The Morgan fingerprint density at radius 2 is 2.12 bits per heavy atom. The van der Waals surface area contributed by atoms with Crippen LogP contribution in [-0.4, -0.2) is 57.5 Å². The molecule has 0 unspecified atom stereocenters. The van der Waals surface area contributed by atoms with Crippen LogP contribution in [0.15, 0.2) is 35.3 Å². The SMILES string of the molecule is O=C(O)[C@H]1CN(C(=O)CCn2ncc(=O)c3ccccc32)CCO1. The number of carbonyl (C=O) groups excluding carboxylic acids is 1. The summed E-state index contributed by atoms with van der Waals surface area (Å²) in [6.07, 6.45) is 0.433. The summed E-state index contributed by atoms with van der Waals surface area (Å²) in [6.45, 7) is 0.949. The molecule has 0 saturated carbocycles. The molecule has 8 nitrogen and oxygen atoms in total. The molecular weight excluding hydrogens is 314 g/mol. The van der Waals surface area contributed by atoms with Gasteiger partial charge in [-0.3, -0.25) is 14.3 Å². The van der Waals surface area contributed by atoms with Gasteiger partial charge in [-0.15, -0.1) is 0 Å². The first-order chi connectivity index (χ1) is 11.6. The zero-order valence-electron chi connectivity index (χ0n) is 12.9. The number of hydrogen-bond donors (Lipinski definition) is 1. The molecule has 1 saturated heterocycles. The molecule has 2 heterocycles. The smallest absolute Gasteiger partial charge is 0.334 e. The first-order valence-electron chi connectivity index (χ1n) is 7.63. The Hall–Kier alpha value is -2.74. The van der Waals surface area contributed by atoms with Crippen LogP contribution in [0.2, 0.25) is 0 Å². The fourth-order valence-electron chi connectivity index (χ4n) is 2.72. The number of benzene rings is 1. The van der Waals surface area contributed by atoms with Crippen molar-refractivity contribution in [1.29, 1.82) is 0 Å². The number of carboxylic acids is 1. The van der Waals surface area contributed by atoms with Gasteiger partial charge in [0.1, 0.15) is 0 Å². The highest BCUT2D eigenvalue weighted by Gasteiger charge is 2.28. The molecule has 1 atom stereocenters. The van der Waals surface area contributed by atoms with E-state index in [4.69, 9.17) is 9.84 Å². The molecule has 0 radical (unpaired) electrons. The van der Waals surface area contributed by atoms with E-state index in [9.17, 15) is 14.4 Å². The van der Waals surface area contributed by atoms with E-state index >= 15 is 0 Å². The first kappa shape index (κ1) is 16.1. The molecule has 2 aromatic rings. The number of morpholine rings is 1. The minimum absolute atomic E-state index is 0.0481. The number of carboxylic acid groups (broad SMARTS) is 1. The number of ether oxygens (including phenoxy) is 1. The van der Waals surface area contributed by atoms with Crippen LogP contribution in [0, 0.1) is 0 Å². The Labute approximate surface area is 137 Å². The molecule has 1 aromatic carbocycles. The van der Waals surface area contributed by atoms with Crippen LogP contribution in [-0.2, 0) is 20.9 Å². The van der Waals surface area contributed by atoms with Crippen LogP contribution < -0.4 is 5.43 Å². The minimum atomic E-state index is -1.07. The third-order valence-corrected chi connectivity index (χ3v) is 3.99. The maximum Gasteiger partial charge on any atom is 0.334 e. The zero-order chi connectivity index (χ0) is 17.1. The fraction of sp³-hybridized carbons (Fsp3) is 0.375. The van der Waals surface area contributed by atoms with Crippen LogP contribution in [0.5, 0.6) is 0 Å². The normalized spacial score (nSPS) is 17.8. The predicted octanol–water partition coefficient (Wildman–Crippen LogP) is 0.0986. The number of carbonyl (C=O) groups is 2. The monoisotopic (exact) mass is 331 g/mol. The lowest BCUT2D eigenvalue weighted by Gasteiger charge is -2.31. The quantitative estimate of drug-likeness (QED) is 0.852. The number of amides is 1. The van der Waals surface area contributed by atoms with Gasteiger partial charge in [-0.1, -0.05) is 12.1 Å². The van der Waals surface area contributed by atoms with E-state index < -0.39 is 12.1 Å². The Morgan fingerprint density at radius 3 is 2.92 bits per heavy atom. The Morgan fingerprint density at radius 1 is 1.33 bits per heavy atom. The van der Waals surface area contributed by atoms with Crippen LogP contribution in [0.25, 0.3) is 10.9 Å². The maximum absolute atomic E-state index is 12.3. The second kappa shape index (κ2) is 6.79. The van der Waals surface area contributed by atoms with E-state index in [1.165, 1.54) is 11.1 Å². The number of nitrogens with zero attached hydrogens (tertiary/aromatic N) is 3. The number of aromatic nitrogens is 2. The lowest BCUT2D eigenvalue weighted by atomic mass is 10.2. The maximum atomic E-state index is 12.3. The Kier molecular flexibility index (Phi) is 4.57. The van der Waals surface area contributed by atoms with Crippen LogP contribution in [0.3, 0.4) is 0 Å². The van der Waals surface area contributed by atoms with Gasteiger partial charge in [0, 0.05) is 18.4 Å². The van der Waals surface area contributed by atoms with Crippen molar-refractivity contribution >= 4 is 22.8 Å². The Bertz CT molecular complexity index is 832. The van der Waals surface area contributed by atoms with Crippen molar-refractivity contribution in [3.63, 3.8) is 0 Å². The molecule has 1 aliphatic rings. The van der Waals surface area contributed by atoms with Crippen molar-refractivity contribution < 1.29 is 19.4 Å². The van der Waals surface area contributed by atoms with Crippen molar-refractivity contribution in [1.82, 2.24) is 14.7 Å². The molecule has 3 rings (SSSR count). The molecule has 1 N–H and O–H groups in total. The predicted molar refractivity (Wildman–Crippen MR) is 84.6 cm³/mol. The van der Waals surface area contributed by atoms with Crippen molar-refractivity contribution in [2.45, 2.75) is 19.1 Å². The molecule has 0 spiro atoms. The summed E-state index contributed by atoms with van der Waals surface area (Å²) in [5.74, 6) is -1.23. The van der Waals surface area contributed by atoms with Crippen LogP contribution >= 0.6 is 0 Å². The van der Waals surface area contributed by atoms with Gasteiger partial charge in [0.25, 0.3) is 0 Å². The zero-order valence-corrected chi connectivity index (χ0v) is 12.9. The number of rotatable bonds is 4. The van der Waals surface area contributed by atoms with E-state index in [2.05, 4.69) is 5.10 Å². The average Bonchev–Trinajstić information content (AvgIpc) is 2.61. The highest BCUT2D eigenvalue weighted by atomic mass is 16.5. The molecule has 126 valence electrons. The second-order valence-corrected chi connectivity index (χ2v) is 5.54. The van der Waals surface area contributed by atoms with Crippen LogP contribution in [0.4, 0.5) is 0 Å². The lowest BCUT2D eigenvalue weighted by molar-refractivity contribution is -0.159. The number of hydrogen-bond acceptors (Lipinski definition) is 5. The molecule has 8 heteroatoms. The van der Waals surface area contributed by atoms with Gasteiger partial charge in [0.15, 0.2) is 6.10 Å². The molecular formula is C16H17N3O5. The molecule has 0 aliphatic carbocycles. The van der Waals surface area contributed by atoms with Crippen molar-refractivity contribution in [3.05, 3.63) is 40.7 Å². The standard InChI is InChI=1S/C16H17N3O5/c20-13-9-17-19(12-4-2-1-3-11(12)13)6-5-15(21)18-7-8-24-14(10-18)16(22)23/h1-4,9,14H,5-8,10H2,(H,22,23)/t14-/m1/s1. The lowest BCUT2D eigenvalue weighted by Crippen LogP contribution is -2.48. The number of para-hydroxylation sites is 1. The largest absolute Gasteiger partial charge is 0.479 e. The van der Waals surface area contributed by atoms with Gasteiger partial charge in [-0.05, 0) is 12.1 Å². The fourth-order valence-corrected chi connectivity index (χ4v) is 2.72. The van der Waals surface area contributed by atoms with E-state index in [1.807, 2.05) is 0 Å². The second-order valence-electron chi connectivity index (χ2n) is 5.54. The molecule has 24 heavy (non-hydrogen) atoms. The van der Waals surface area contributed by atoms with Gasteiger partial charge < -0.3 is 14.7 Å². The summed E-state index contributed by atoms with van der Waals surface area (Å²) in [5.41, 5.74) is 0.508. The van der Waals surface area contributed by atoms with E-state index in [0.29, 0.717) is 24.0 Å². The molecule has 1 amide bonds. The summed E-state index contributed by atoms with van der Waals surface area (Å²) >= 11 is 0. The molecule has 1 fully saturated rings. The Balaban J connectivity index is 1.70. The summed E-state index contributed by atoms with van der Waals surface area (Å²) in [6, 6.07) is 7.08. The minimum Gasteiger partial charge on any atom is -0.479 e. The topological polar surface area (TPSA) is 102 Å². The first-order valence-corrected chi connectivity index (χ1v) is 7.63. The van der Waals surface area contributed by atoms with E-state index in [1.54, 1.807) is 28.9 Å². The summed E-state index contributed by atoms with van der Waals surface area (Å²) in [5, 5.41) is 13.6. The molecule has 1 aliphatic heterocycles. The van der Waals surface area contributed by atoms with Crippen LogP contribution in [0.1, 0.15) is 6.42 Å². The van der Waals surface area contributed by atoms with Gasteiger partial charge in [-0.2, -0.15) is 5.10 Å².